The number of fused-ring (bicyclic) bond motifs is 5. The van der Waals surface area contributed by atoms with Gasteiger partial charge >= 0.3 is 0 Å². The van der Waals surface area contributed by atoms with E-state index in [1.54, 1.807) is 6.07 Å². The number of benzene rings is 1. The van der Waals surface area contributed by atoms with Gasteiger partial charge in [0.1, 0.15) is 0 Å². The third-order valence-electron chi connectivity index (χ3n) is 6.83. The van der Waals surface area contributed by atoms with Crippen LogP contribution in [0.3, 0.4) is 0 Å². The summed E-state index contributed by atoms with van der Waals surface area (Å²) in [5.74, 6) is 1.15. The van der Waals surface area contributed by atoms with E-state index in [0.29, 0.717) is 54.1 Å². The molecule has 7 heteroatoms. The fraction of sp³-hybridized carbons (Fsp3) is 0.545. The minimum absolute atomic E-state index is 0.0929. The molecule has 0 aliphatic carbocycles. The molecule has 152 valence electrons. The lowest BCUT2D eigenvalue weighted by molar-refractivity contribution is -0.148. The first-order chi connectivity index (χ1) is 14.1. The summed E-state index contributed by atoms with van der Waals surface area (Å²) in [5, 5.41) is 0.581. The molecule has 1 unspecified atom stereocenters. The van der Waals surface area contributed by atoms with Gasteiger partial charge in [0.25, 0.3) is 5.56 Å². The van der Waals surface area contributed by atoms with Crippen LogP contribution in [-0.4, -0.2) is 56.8 Å². The van der Waals surface area contributed by atoms with Gasteiger partial charge in [-0.1, -0.05) is 12.1 Å². The number of carbonyl (C=O) groups is 2. The zero-order valence-corrected chi connectivity index (χ0v) is 16.5. The summed E-state index contributed by atoms with van der Waals surface area (Å²) in [7, 11) is 0. The summed E-state index contributed by atoms with van der Waals surface area (Å²) in [6.45, 7) is 2.58. The number of amides is 2. The Hall–Kier alpha value is -2.70. The molecule has 0 spiro atoms. The third-order valence-corrected chi connectivity index (χ3v) is 6.83. The minimum atomic E-state index is -0.102. The predicted octanol–water partition coefficient (Wildman–Crippen LogP) is 1.65. The lowest BCUT2D eigenvalue weighted by atomic mass is 9.76. The molecule has 5 rings (SSSR count). The molecule has 3 aliphatic heterocycles. The predicted molar refractivity (Wildman–Crippen MR) is 108 cm³/mol. The molecule has 1 aromatic carbocycles. The summed E-state index contributed by atoms with van der Waals surface area (Å²) in [4.78, 5) is 46.2. The number of aromatic nitrogens is 2. The molecule has 0 radical (unpaired) electrons. The van der Waals surface area contributed by atoms with Crippen molar-refractivity contribution in [1.29, 1.82) is 0 Å². The Labute approximate surface area is 169 Å². The van der Waals surface area contributed by atoms with Crippen molar-refractivity contribution in [3.05, 3.63) is 40.9 Å². The number of para-hydroxylation sites is 1. The number of aryl methyl sites for hydroxylation is 1. The number of hydrogen-bond donors (Lipinski definition) is 0. The van der Waals surface area contributed by atoms with E-state index in [2.05, 4.69) is 9.88 Å². The largest absolute Gasteiger partial charge is 0.342 e. The van der Waals surface area contributed by atoms with E-state index >= 15 is 0 Å². The summed E-state index contributed by atoms with van der Waals surface area (Å²) < 4.78 is 1.53. The van der Waals surface area contributed by atoms with E-state index in [4.69, 9.17) is 0 Å². The molecule has 4 heterocycles. The Morgan fingerprint density at radius 1 is 1.14 bits per heavy atom. The Morgan fingerprint density at radius 3 is 2.90 bits per heavy atom. The standard InChI is InChI=1S/C22H26N4O3/c27-20(8-9-24-14-23-18-5-2-1-4-17(18)22(24)29)25-11-15-10-16(13-25)19-6-3-7-21(28)26(19)12-15/h1-2,4-5,14-16,19H,3,6-13H2/t15-,16+,19?/m1/s1. The van der Waals surface area contributed by atoms with E-state index in [0.717, 1.165) is 38.9 Å². The van der Waals surface area contributed by atoms with Crippen molar-refractivity contribution in [3.63, 3.8) is 0 Å². The van der Waals surface area contributed by atoms with E-state index < -0.39 is 0 Å². The molecule has 2 bridgehead atoms. The maximum Gasteiger partial charge on any atom is 0.261 e. The number of hydrogen-bond acceptors (Lipinski definition) is 4. The molecule has 2 aromatic rings. The number of nitrogens with zero attached hydrogens (tertiary/aromatic N) is 4. The molecule has 0 N–H and O–H groups in total. The van der Waals surface area contributed by atoms with Crippen LogP contribution >= 0.6 is 0 Å². The van der Waals surface area contributed by atoms with E-state index in [-0.39, 0.29) is 11.5 Å². The van der Waals surface area contributed by atoms with Gasteiger partial charge in [0.15, 0.2) is 0 Å². The Kier molecular flexibility index (Phi) is 4.60. The molecule has 3 atom stereocenters. The van der Waals surface area contributed by atoms with Crippen LogP contribution in [0.2, 0.25) is 0 Å². The van der Waals surface area contributed by atoms with Gasteiger partial charge in [0, 0.05) is 45.1 Å². The van der Waals surface area contributed by atoms with Crippen molar-refractivity contribution < 1.29 is 9.59 Å². The Morgan fingerprint density at radius 2 is 2.00 bits per heavy atom. The van der Waals surface area contributed by atoms with Crippen molar-refractivity contribution in [2.45, 2.75) is 44.7 Å². The van der Waals surface area contributed by atoms with Crippen molar-refractivity contribution in [1.82, 2.24) is 19.4 Å². The molecular formula is C22H26N4O3. The summed E-state index contributed by atoms with van der Waals surface area (Å²) in [6.07, 6.45) is 5.65. The van der Waals surface area contributed by atoms with Gasteiger partial charge in [0.2, 0.25) is 11.8 Å². The van der Waals surface area contributed by atoms with E-state index in [1.165, 1.54) is 10.9 Å². The molecule has 0 saturated carbocycles. The number of likely N-dealkylation sites (tertiary alicyclic amines) is 1. The van der Waals surface area contributed by atoms with Crippen LogP contribution < -0.4 is 5.56 Å². The topological polar surface area (TPSA) is 75.5 Å². The first-order valence-electron chi connectivity index (χ1n) is 10.6. The van der Waals surface area contributed by atoms with Crippen LogP contribution in [0.15, 0.2) is 35.4 Å². The highest BCUT2D eigenvalue weighted by atomic mass is 16.2. The molecule has 3 fully saturated rings. The van der Waals surface area contributed by atoms with Gasteiger partial charge in [-0.2, -0.15) is 0 Å². The van der Waals surface area contributed by atoms with Crippen LogP contribution in [0.4, 0.5) is 0 Å². The van der Waals surface area contributed by atoms with Gasteiger partial charge < -0.3 is 9.80 Å². The monoisotopic (exact) mass is 394 g/mol. The zero-order valence-electron chi connectivity index (χ0n) is 16.5. The fourth-order valence-corrected chi connectivity index (χ4v) is 5.45. The van der Waals surface area contributed by atoms with Crippen molar-refractivity contribution in [3.8, 4) is 0 Å². The lowest BCUT2D eigenvalue weighted by Crippen LogP contribution is -2.61. The summed E-state index contributed by atoms with van der Waals surface area (Å²) in [5.41, 5.74) is 0.575. The third kappa shape index (κ3) is 3.32. The Bertz CT molecular complexity index is 1020. The van der Waals surface area contributed by atoms with E-state index in [9.17, 15) is 14.4 Å². The van der Waals surface area contributed by atoms with Gasteiger partial charge in [-0.25, -0.2) is 4.98 Å². The first kappa shape index (κ1) is 18.3. The SMILES string of the molecule is O=C(CCn1cnc2ccccc2c1=O)N1C[C@H]2C[C@@H](C1)C1CCCC(=O)N1C2. The highest BCUT2D eigenvalue weighted by Gasteiger charge is 2.44. The number of piperidine rings is 3. The lowest BCUT2D eigenvalue weighted by Gasteiger charge is -2.52. The fourth-order valence-electron chi connectivity index (χ4n) is 5.45. The van der Waals surface area contributed by atoms with Crippen LogP contribution in [0.5, 0.6) is 0 Å². The van der Waals surface area contributed by atoms with Gasteiger partial charge in [-0.3, -0.25) is 19.0 Å². The van der Waals surface area contributed by atoms with Gasteiger partial charge in [-0.05, 0) is 43.2 Å². The molecule has 3 saturated heterocycles. The number of carbonyl (C=O) groups excluding carboxylic acids is 2. The maximum atomic E-state index is 12.9. The Balaban J connectivity index is 1.26. The van der Waals surface area contributed by atoms with Crippen molar-refractivity contribution in [2.75, 3.05) is 19.6 Å². The second kappa shape index (κ2) is 7.28. The van der Waals surface area contributed by atoms with Crippen LogP contribution in [0, 0.1) is 11.8 Å². The summed E-state index contributed by atoms with van der Waals surface area (Å²) >= 11 is 0. The van der Waals surface area contributed by atoms with Crippen molar-refractivity contribution >= 4 is 22.7 Å². The molecule has 1 aromatic heterocycles. The molecule has 2 amide bonds. The number of rotatable bonds is 3. The average molecular weight is 394 g/mol. The second-order valence-electron chi connectivity index (χ2n) is 8.68. The first-order valence-corrected chi connectivity index (χ1v) is 10.6. The zero-order chi connectivity index (χ0) is 20.0. The molecular weight excluding hydrogens is 368 g/mol. The van der Waals surface area contributed by atoms with Crippen LogP contribution in [0.25, 0.3) is 10.9 Å². The van der Waals surface area contributed by atoms with Crippen molar-refractivity contribution in [2.24, 2.45) is 11.8 Å². The average Bonchev–Trinajstić information content (AvgIpc) is 2.74. The normalized spacial score (nSPS) is 26.5. The van der Waals surface area contributed by atoms with Gasteiger partial charge in [-0.15, -0.1) is 0 Å². The van der Waals surface area contributed by atoms with Crippen LogP contribution in [-0.2, 0) is 16.1 Å². The van der Waals surface area contributed by atoms with Gasteiger partial charge in [0.05, 0.1) is 17.2 Å². The minimum Gasteiger partial charge on any atom is -0.342 e. The highest BCUT2D eigenvalue weighted by Crippen LogP contribution is 2.38. The quantitative estimate of drug-likeness (QED) is 0.793. The molecule has 3 aliphatic rings. The molecule has 7 nitrogen and oxygen atoms in total. The summed E-state index contributed by atoms with van der Waals surface area (Å²) in [6, 6.07) is 7.57. The van der Waals surface area contributed by atoms with Crippen LogP contribution in [0.1, 0.15) is 32.1 Å². The van der Waals surface area contributed by atoms with E-state index in [1.807, 2.05) is 23.1 Å². The highest BCUT2D eigenvalue weighted by molar-refractivity contribution is 5.79. The molecule has 29 heavy (non-hydrogen) atoms. The maximum absolute atomic E-state index is 12.9. The second-order valence-corrected chi connectivity index (χ2v) is 8.68. The smallest absolute Gasteiger partial charge is 0.261 e.